The van der Waals surface area contributed by atoms with E-state index in [0.29, 0.717) is 16.9 Å². The molecule has 2 aromatic heterocycles. The molecule has 6 heteroatoms. The fourth-order valence-electron chi connectivity index (χ4n) is 11.9. The molecule has 0 spiro atoms. The number of rotatable bonds is 7. The van der Waals surface area contributed by atoms with E-state index >= 15 is 13.2 Å². The highest BCUT2D eigenvalue weighted by molar-refractivity contribution is 6.14. The summed E-state index contributed by atoms with van der Waals surface area (Å²) in [7, 11) is 0. The lowest BCUT2D eigenvalue weighted by Gasteiger charge is -2.23. The minimum absolute atomic E-state index is 0.0258. The predicted octanol–water partition coefficient (Wildman–Crippen LogP) is 19.6. The van der Waals surface area contributed by atoms with Crippen molar-refractivity contribution in [2.45, 2.75) is 61.6 Å². The van der Waals surface area contributed by atoms with E-state index in [0.717, 1.165) is 133 Å². The van der Waals surface area contributed by atoms with Crippen molar-refractivity contribution < 1.29 is 13.2 Å². The molecule has 0 unspecified atom stereocenters. The maximum absolute atomic E-state index is 16.4. The minimum Gasteiger partial charge on any atom is -0.307 e. The van der Waals surface area contributed by atoms with E-state index < -0.39 is 11.7 Å². The van der Waals surface area contributed by atoms with E-state index in [2.05, 4.69) is 216 Å². The third-order valence-electron chi connectivity index (χ3n) is 15.5. The highest BCUT2D eigenvalue weighted by Crippen LogP contribution is 2.47. The molecule has 0 saturated carbocycles. The number of aryl methyl sites for hydroxylation is 8. The zero-order chi connectivity index (χ0) is 52.9. The summed E-state index contributed by atoms with van der Waals surface area (Å²) in [4.78, 5) is 0. The van der Waals surface area contributed by atoms with Crippen LogP contribution in [-0.4, -0.2) is 9.13 Å². The van der Waals surface area contributed by atoms with Crippen LogP contribution in [0.15, 0.2) is 182 Å². The monoisotopic (exact) mass is 993 g/mol. The van der Waals surface area contributed by atoms with Gasteiger partial charge >= 0.3 is 6.18 Å². The van der Waals surface area contributed by atoms with Crippen molar-refractivity contribution in [1.82, 2.24) is 9.13 Å². The molecule has 0 atom stereocenters. The maximum atomic E-state index is 16.4. The normalized spacial score (nSPS) is 11.9. The Balaban J connectivity index is 1.29. The molecule has 0 aliphatic carbocycles. The van der Waals surface area contributed by atoms with Gasteiger partial charge in [-0.2, -0.15) is 18.4 Å². The van der Waals surface area contributed by atoms with E-state index in [9.17, 15) is 5.26 Å². The molecule has 10 aromatic carbocycles. The molecule has 2 heterocycles. The number of hydrogen-bond acceptors (Lipinski definition) is 1. The van der Waals surface area contributed by atoms with Crippen LogP contribution in [0.5, 0.6) is 0 Å². The number of aromatic nitrogens is 2. The largest absolute Gasteiger partial charge is 0.417 e. The smallest absolute Gasteiger partial charge is 0.307 e. The van der Waals surface area contributed by atoms with E-state index in [1.807, 2.05) is 0 Å². The molecule has 370 valence electrons. The fraction of sp³-hybridized carbons (Fsp3) is 0.129. The van der Waals surface area contributed by atoms with Crippen LogP contribution in [0, 0.1) is 66.7 Å². The first-order valence-electron chi connectivity index (χ1n) is 25.8. The molecular formula is C70H54F3N3. The minimum atomic E-state index is -4.80. The molecule has 76 heavy (non-hydrogen) atoms. The van der Waals surface area contributed by atoms with Gasteiger partial charge in [-0.3, -0.25) is 0 Å². The third kappa shape index (κ3) is 8.15. The SMILES string of the molecule is Cc1ccc(-c2ccc3c4ccc(-c5ccc(C)cc5C)cc4n(-c4cc(-c5cccc(C#N)c5)c(C(F)(F)F)cc4-n4c5cc(-c6ccc(C)cc6C)ccc5c5ccc(-c6ccc(C)cc6C)cc54)c3c2)c(C)c1. The van der Waals surface area contributed by atoms with Gasteiger partial charge < -0.3 is 9.13 Å². The highest BCUT2D eigenvalue weighted by Gasteiger charge is 2.36. The van der Waals surface area contributed by atoms with Crippen LogP contribution in [0.1, 0.15) is 55.6 Å². The lowest BCUT2D eigenvalue weighted by molar-refractivity contribution is -0.137. The van der Waals surface area contributed by atoms with Crippen LogP contribution < -0.4 is 0 Å². The Hall–Kier alpha value is -8.92. The molecular weight excluding hydrogens is 940 g/mol. The van der Waals surface area contributed by atoms with Gasteiger partial charge in [0.25, 0.3) is 0 Å². The van der Waals surface area contributed by atoms with Crippen molar-refractivity contribution in [2.75, 3.05) is 0 Å². The number of halogens is 3. The number of nitrogens with zero attached hydrogens (tertiary/aromatic N) is 3. The number of nitriles is 1. The Kier molecular flexibility index (Phi) is 11.5. The van der Waals surface area contributed by atoms with E-state index in [1.54, 1.807) is 30.3 Å². The zero-order valence-corrected chi connectivity index (χ0v) is 43.8. The van der Waals surface area contributed by atoms with Crippen LogP contribution >= 0.6 is 0 Å². The number of hydrogen-bond donors (Lipinski definition) is 0. The van der Waals surface area contributed by atoms with Crippen LogP contribution in [0.3, 0.4) is 0 Å². The van der Waals surface area contributed by atoms with E-state index in [4.69, 9.17) is 0 Å². The Labute approximate surface area is 441 Å². The quantitative estimate of drug-likeness (QED) is 0.157. The van der Waals surface area contributed by atoms with Crippen LogP contribution in [0.4, 0.5) is 13.2 Å². The summed E-state index contributed by atoms with van der Waals surface area (Å²) < 4.78 is 53.5. The summed E-state index contributed by atoms with van der Waals surface area (Å²) in [5, 5.41) is 13.9. The summed E-state index contributed by atoms with van der Waals surface area (Å²) in [5.74, 6) is 0. The number of alkyl halides is 3. The predicted molar refractivity (Wildman–Crippen MR) is 310 cm³/mol. The summed E-state index contributed by atoms with van der Waals surface area (Å²) in [5.41, 5.74) is 21.1. The molecule has 0 aliphatic rings. The molecule has 12 aromatic rings. The number of benzene rings is 10. The summed E-state index contributed by atoms with van der Waals surface area (Å²) in [6, 6.07) is 63.3. The average molecular weight is 994 g/mol. The molecule has 3 nitrogen and oxygen atoms in total. The Morgan fingerprint density at radius 2 is 0.671 bits per heavy atom. The van der Waals surface area contributed by atoms with Gasteiger partial charge in [-0.15, -0.1) is 0 Å². The van der Waals surface area contributed by atoms with Crippen molar-refractivity contribution in [1.29, 1.82) is 5.26 Å². The summed E-state index contributed by atoms with van der Waals surface area (Å²) >= 11 is 0. The van der Waals surface area contributed by atoms with Crippen LogP contribution in [-0.2, 0) is 6.18 Å². The first-order chi connectivity index (χ1) is 36.5. The highest BCUT2D eigenvalue weighted by atomic mass is 19.4. The summed E-state index contributed by atoms with van der Waals surface area (Å²) in [6.07, 6.45) is -4.80. The van der Waals surface area contributed by atoms with Gasteiger partial charge in [-0.25, -0.2) is 0 Å². The van der Waals surface area contributed by atoms with E-state index in [-0.39, 0.29) is 11.1 Å². The van der Waals surface area contributed by atoms with Crippen molar-refractivity contribution in [3.8, 4) is 73.1 Å². The second kappa shape index (κ2) is 18.2. The molecule has 0 saturated heterocycles. The first-order valence-corrected chi connectivity index (χ1v) is 25.8. The van der Waals surface area contributed by atoms with Gasteiger partial charge in [0, 0.05) is 21.5 Å². The van der Waals surface area contributed by atoms with Crippen LogP contribution in [0.25, 0.3) is 111 Å². The molecule has 0 amide bonds. The van der Waals surface area contributed by atoms with Crippen molar-refractivity contribution >= 4 is 43.6 Å². The standard InChI is InChI=1S/C70H54F3N3/c1-40-12-20-54(44(5)28-40)50-16-24-58-59-25-17-51(55-21-13-41(2)29-45(55)6)34-65(59)75(64(58)33-50)68-37-62(49-11-9-10-48(32-49)39-74)63(70(71,72)73)38-69(68)76-66-35-52(56-22-14-42(3)30-46(56)7)18-26-60(66)61-27-19-53(36-67(61)76)57-23-15-43(4)31-47(57)8/h9-38H,1-8H3. The Morgan fingerprint density at radius 3 is 0.987 bits per heavy atom. The van der Waals surface area contributed by atoms with Gasteiger partial charge in [-0.05, 0) is 182 Å². The molecule has 0 bridgehead atoms. The molecule has 0 radical (unpaired) electrons. The van der Waals surface area contributed by atoms with Gasteiger partial charge in [-0.1, -0.05) is 156 Å². The van der Waals surface area contributed by atoms with Gasteiger partial charge in [0.15, 0.2) is 0 Å². The third-order valence-corrected chi connectivity index (χ3v) is 15.5. The van der Waals surface area contributed by atoms with Crippen molar-refractivity contribution in [2.24, 2.45) is 0 Å². The summed E-state index contributed by atoms with van der Waals surface area (Å²) in [6.45, 7) is 16.8. The second-order valence-electron chi connectivity index (χ2n) is 20.9. The average Bonchev–Trinajstić information content (AvgIpc) is 4.02. The first kappa shape index (κ1) is 48.0. The van der Waals surface area contributed by atoms with Gasteiger partial charge in [0.2, 0.25) is 0 Å². The molecule has 12 rings (SSSR count). The van der Waals surface area contributed by atoms with Crippen molar-refractivity contribution in [3.05, 3.63) is 238 Å². The lowest BCUT2D eigenvalue weighted by Crippen LogP contribution is -2.12. The van der Waals surface area contributed by atoms with Crippen molar-refractivity contribution in [3.63, 3.8) is 0 Å². The number of fused-ring (bicyclic) bond motifs is 6. The lowest BCUT2D eigenvalue weighted by atomic mass is 9.95. The molecule has 0 fully saturated rings. The van der Waals surface area contributed by atoms with E-state index in [1.165, 1.54) is 6.07 Å². The van der Waals surface area contributed by atoms with Gasteiger partial charge in [0.05, 0.1) is 50.6 Å². The molecule has 0 aliphatic heterocycles. The zero-order valence-electron chi connectivity index (χ0n) is 43.8. The Bertz CT molecular complexity index is 4220. The topological polar surface area (TPSA) is 33.6 Å². The van der Waals surface area contributed by atoms with Gasteiger partial charge in [0.1, 0.15) is 0 Å². The maximum Gasteiger partial charge on any atom is 0.417 e. The molecule has 0 N–H and O–H groups in total. The Morgan fingerprint density at radius 1 is 0.342 bits per heavy atom. The fourth-order valence-corrected chi connectivity index (χ4v) is 11.9. The second-order valence-corrected chi connectivity index (χ2v) is 20.9. The van der Waals surface area contributed by atoms with Crippen LogP contribution in [0.2, 0.25) is 0 Å².